The van der Waals surface area contributed by atoms with Gasteiger partial charge in [0.1, 0.15) is 17.2 Å². The summed E-state index contributed by atoms with van der Waals surface area (Å²) in [6.45, 7) is 8.07. The van der Waals surface area contributed by atoms with E-state index in [9.17, 15) is 0 Å². The lowest BCUT2D eigenvalue weighted by atomic mass is 10.0. The standard InChI is InChI=1S/C16H21N7S/c1-2-6-21-9-5-11-12(10-21)24-15-13(11)14(22-7-3-4-8-22)17-16-18-19-20-23(15)16/h2-10H2,1H3/p+1. The Morgan fingerprint density at radius 2 is 2.12 bits per heavy atom. The second-order valence-electron chi connectivity index (χ2n) is 6.88. The molecule has 1 fully saturated rings. The highest BCUT2D eigenvalue weighted by Crippen LogP contribution is 2.38. The third-order valence-corrected chi connectivity index (χ3v) is 6.50. The minimum absolute atomic E-state index is 0.626. The van der Waals surface area contributed by atoms with Gasteiger partial charge in [-0.2, -0.15) is 9.50 Å². The van der Waals surface area contributed by atoms with Crippen LogP contribution in [0.1, 0.15) is 36.6 Å². The van der Waals surface area contributed by atoms with Gasteiger partial charge in [0.25, 0.3) is 5.78 Å². The van der Waals surface area contributed by atoms with Gasteiger partial charge in [0, 0.05) is 19.5 Å². The van der Waals surface area contributed by atoms with Crippen LogP contribution in [0.3, 0.4) is 0 Å². The summed E-state index contributed by atoms with van der Waals surface area (Å²) in [5.74, 6) is 1.74. The number of hydrogen-bond donors (Lipinski definition) is 1. The molecule has 1 N–H and O–H groups in total. The summed E-state index contributed by atoms with van der Waals surface area (Å²) in [4.78, 5) is 11.6. The molecule has 0 aliphatic carbocycles. The second-order valence-corrected chi connectivity index (χ2v) is 7.96. The van der Waals surface area contributed by atoms with Gasteiger partial charge in [-0.25, -0.2) is 0 Å². The third-order valence-electron chi connectivity index (χ3n) is 5.30. The molecule has 0 bridgehead atoms. The number of fused-ring (bicyclic) bond motifs is 5. The number of nitrogens with one attached hydrogen (secondary N) is 1. The highest BCUT2D eigenvalue weighted by molar-refractivity contribution is 7.19. The van der Waals surface area contributed by atoms with Gasteiger partial charge < -0.3 is 9.80 Å². The Balaban J connectivity index is 1.72. The lowest BCUT2D eigenvalue weighted by molar-refractivity contribution is -0.915. The number of thiophene rings is 1. The van der Waals surface area contributed by atoms with Gasteiger partial charge >= 0.3 is 0 Å². The zero-order valence-corrected chi connectivity index (χ0v) is 14.8. The van der Waals surface area contributed by atoms with Crippen molar-refractivity contribution in [1.29, 1.82) is 0 Å². The topological polar surface area (TPSA) is 63.7 Å². The summed E-state index contributed by atoms with van der Waals surface area (Å²) in [5.41, 5.74) is 1.50. The summed E-state index contributed by atoms with van der Waals surface area (Å²) in [5, 5.41) is 13.5. The van der Waals surface area contributed by atoms with Crippen LogP contribution in [0.4, 0.5) is 5.82 Å². The normalized spacial score (nSPS) is 21.0. The highest BCUT2D eigenvalue weighted by Gasteiger charge is 2.29. The Morgan fingerprint density at radius 3 is 2.96 bits per heavy atom. The van der Waals surface area contributed by atoms with Gasteiger partial charge in [0.15, 0.2) is 0 Å². The number of nitrogens with zero attached hydrogens (tertiary/aromatic N) is 6. The molecule has 3 aromatic rings. The van der Waals surface area contributed by atoms with E-state index in [1.54, 1.807) is 4.90 Å². The zero-order chi connectivity index (χ0) is 16.1. The van der Waals surface area contributed by atoms with Crippen LogP contribution in [-0.2, 0) is 13.0 Å². The first-order valence-corrected chi connectivity index (χ1v) is 9.77. The van der Waals surface area contributed by atoms with E-state index >= 15 is 0 Å². The number of anilines is 1. The van der Waals surface area contributed by atoms with Crippen molar-refractivity contribution in [1.82, 2.24) is 25.0 Å². The van der Waals surface area contributed by atoms with Crippen LogP contribution in [0, 0.1) is 0 Å². The van der Waals surface area contributed by atoms with Gasteiger partial charge in [-0.1, -0.05) is 12.0 Å². The Labute approximate surface area is 144 Å². The van der Waals surface area contributed by atoms with Crippen molar-refractivity contribution in [2.45, 2.75) is 39.2 Å². The summed E-state index contributed by atoms with van der Waals surface area (Å²) in [7, 11) is 0. The van der Waals surface area contributed by atoms with E-state index < -0.39 is 0 Å². The van der Waals surface area contributed by atoms with Crippen molar-refractivity contribution in [2.75, 3.05) is 31.1 Å². The molecule has 24 heavy (non-hydrogen) atoms. The van der Waals surface area contributed by atoms with E-state index in [4.69, 9.17) is 4.98 Å². The molecule has 2 aliphatic rings. The fraction of sp³-hybridized carbons (Fsp3) is 0.625. The van der Waals surface area contributed by atoms with Crippen LogP contribution >= 0.6 is 11.3 Å². The van der Waals surface area contributed by atoms with E-state index in [1.165, 1.54) is 53.0 Å². The molecule has 0 spiro atoms. The van der Waals surface area contributed by atoms with Crippen molar-refractivity contribution < 1.29 is 4.90 Å². The maximum atomic E-state index is 4.83. The summed E-state index contributed by atoms with van der Waals surface area (Å²) < 4.78 is 1.83. The molecule has 7 nitrogen and oxygen atoms in total. The number of quaternary nitrogens is 1. The van der Waals surface area contributed by atoms with Crippen LogP contribution in [0.15, 0.2) is 0 Å². The molecule has 0 aromatic carbocycles. The predicted molar refractivity (Wildman–Crippen MR) is 93.8 cm³/mol. The molecule has 1 atom stereocenters. The van der Waals surface area contributed by atoms with Crippen LogP contribution in [-0.4, -0.2) is 51.2 Å². The van der Waals surface area contributed by atoms with Gasteiger partial charge in [0.05, 0.1) is 23.4 Å². The molecule has 5 heterocycles. The van der Waals surface area contributed by atoms with Crippen molar-refractivity contribution in [3.8, 4) is 0 Å². The number of tetrazole rings is 1. The quantitative estimate of drug-likeness (QED) is 0.757. The molecule has 3 aromatic heterocycles. The maximum Gasteiger partial charge on any atom is 0.276 e. The summed E-state index contributed by atoms with van der Waals surface area (Å²) in [6, 6.07) is 0. The van der Waals surface area contributed by atoms with Crippen molar-refractivity contribution in [2.24, 2.45) is 0 Å². The first-order chi connectivity index (χ1) is 11.8. The van der Waals surface area contributed by atoms with Crippen LogP contribution in [0.5, 0.6) is 0 Å². The number of rotatable bonds is 3. The molecular formula is C16H22N7S+. The Bertz CT molecular complexity index is 893. The zero-order valence-electron chi connectivity index (χ0n) is 14.0. The van der Waals surface area contributed by atoms with Crippen LogP contribution in [0.2, 0.25) is 0 Å². The lowest BCUT2D eigenvalue weighted by Crippen LogP contribution is -3.11. The molecule has 0 radical (unpaired) electrons. The second kappa shape index (κ2) is 5.63. The van der Waals surface area contributed by atoms with Crippen LogP contribution in [0.25, 0.3) is 16.0 Å². The van der Waals surface area contributed by atoms with Gasteiger partial charge in [-0.15, -0.1) is 11.3 Å². The van der Waals surface area contributed by atoms with E-state index in [-0.39, 0.29) is 0 Å². The maximum absolute atomic E-state index is 4.83. The highest BCUT2D eigenvalue weighted by atomic mass is 32.1. The average molecular weight is 344 g/mol. The number of aromatic nitrogens is 5. The fourth-order valence-corrected chi connectivity index (χ4v) is 5.52. The van der Waals surface area contributed by atoms with E-state index in [1.807, 2.05) is 15.9 Å². The van der Waals surface area contributed by atoms with Crippen molar-refractivity contribution in [3.63, 3.8) is 0 Å². The summed E-state index contributed by atoms with van der Waals surface area (Å²) >= 11 is 1.87. The van der Waals surface area contributed by atoms with Crippen LogP contribution < -0.4 is 9.80 Å². The van der Waals surface area contributed by atoms with Gasteiger partial charge in [-0.3, -0.25) is 0 Å². The Morgan fingerprint density at radius 1 is 1.25 bits per heavy atom. The minimum atomic E-state index is 0.626. The Hall–Kier alpha value is -1.80. The molecule has 1 unspecified atom stereocenters. The number of hydrogen-bond acceptors (Lipinski definition) is 6. The predicted octanol–water partition coefficient (Wildman–Crippen LogP) is 0.685. The molecule has 8 heteroatoms. The first kappa shape index (κ1) is 14.5. The molecule has 2 aliphatic heterocycles. The molecular weight excluding hydrogens is 322 g/mol. The smallest absolute Gasteiger partial charge is 0.276 e. The molecule has 0 amide bonds. The van der Waals surface area contributed by atoms with Gasteiger partial charge in [0.2, 0.25) is 0 Å². The molecule has 1 saturated heterocycles. The molecule has 5 rings (SSSR count). The largest absolute Gasteiger partial charge is 0.356 e. The lowest BCUT2D eigenvalue weighted by Gasteiger charge is -2.24. The first-order valence-electron chi connectivity index (χ1n) is 8.96. The average Bonchev–Trinajstić information content (AvgIpc) is 3.32. The SMILES string of the molecule is CCC[NH+]1CCc2c(sc3c2c(N2CCCC2)nc2nnnn23)C1. The third kappa shape index (κ3) is 2.12. The monoisotopic (exact) mass is 344 g/mol. The van der Waals surface area contributed by atoms with Crippen molar-refractivity contribution >= 4 is 33.1 Å². The van der Waals surface area contributed by atoms with Gasteiger partial charge in [-0.05, 0) is 35.3 Å². The van der Waals surface area contributed by atoms with E-state index in [0.29, 0.717) is 5.78 Å². The Kier molecular flexibility index (Phi) is 3.41. The molecule has 0 saturated carbocycles. The van der Waals surface area contributed by atoms with Crippen molar-refractivity contribution in [3.05, 3.63) is 10.4 Å². The molecule has 126 valence electrons. The summed E-state index contributed by atoms with van der Waals surface area (Å²) in [6.07, 6.45) is 4.88. The minimum Gasteiger partial charge on any atom is -0.356 e. The van der Waals surface area contributed by atoms with E-state index in [0.717, 1.165) is 31.9 Å². The fourth-order valence-electron chi connectivity index (χ4n) is 4.16. The van der Waals surface area contributed by atoms with E-state index in [2.05, 4.69) is 27.3 Å².